The van der Waals surface area contributed by atoms with Crippen LogP contribution in [0.1, 0.15) is 18.2 Å². The van der Waals surface area contributed by atoms with E-state index < -0.39 is 4.75 Å². The van der Waals surface area contributed by atoms with E-state index in [2.05, 4.69) is 16.9 Å². The highest BCUT2D eigenvalue weighted by atomic mass is 35.5. The van der Waals surface area contributed by atoms with Gasteiger partial charge in [-0.15, -0.1) is 11.8 Å². The summed E-state index contributed by atoms with van der Waals surface area (Å²) >= 11 is 8.02. The number of aromatic nitrogens is 2. The Morgan fingerprint density at radius 3 is 2.52 bits per heavy atom. The Morgan fingerprint density at radius 2 is 2.00 bits per heavy atom. The fourth-order valence-corrected chi connectivity index (χ4v) is 3.30. The summed E-state index contributed by atoms with van der Waals surface area (Å²) in [5.74, 6) is 1.06. The molecule has 0 saturated carbocycles. The zero-order valence-electron chi connectivity index (χ0n) is 12.4. The number of methoxy groups -OCH3 is 2. The monoisotopic (exact) mass is 324 g/mol. The maximum absolute atomic E-state index is 6.39. The molecule has 0 N–H and O–H groups in total. The highest BCUT2D eigenvalue weighted by Gasteiger charge is 2.35. The zero-order valence-corrected chi connectivity index (χ0v) is 14.0. The molecular weight excluding hydrogens is 308 g/mol. The van der Waals surface area contributed by atoms with Crippen molar-refractivity contribution in [3.63, 3.8) is 0 Å². The predicted octanol–water partition coefficient (Wildman–Crippen LogP) is 3.77. The van der Waals surface area contributed by atoms with E-state index in [1.807, 2.05) is 24.5 Å². The second-order valence-corrected chi connectivity index (χ2v) is 6.07. The molecule has 2 aromatic rings. The van der Waals surface area contributed by atoms with Gasteiger partial charge in [-0.3, -0.25) is 4.98 Å². The van der Waals surface area contributed by atoms with Gasteiger partial charge >= 0.3 is 0 Å². The Balaban J connectivity index is 2.68. The number of rotatable bonds is 5. The molecule has 1 unspecified atom stereocenters. The van der Waals surface area contributed by atoms with E-state index in [4.69, 9.17) is 21.1 Å². The Morgan fingerprint density at radius 1 is 1.24 bits per heavy atom. The van der Waals surface area contributed by atoms with Crippen LogP contribution < -0.4 is 9.47 Å². The molecule has 0 aliphatic heterocycles. The van der Waals surface area contributed by atoms with Crippen molar-refractivity contribution >= 4 is 23.4 Å². The van der Waals surface area contributed by atoms with Crippen LogP contribution in [0.5, 0.6) is 11.6 Å². The summed E-state index contributed by atoms with van der Waals surface area (Å²) in [6.45, 7) is 2.05. The van der Waals surface area contributed by atoms with Gasteiger partial charge in [0.15, 0.2) is 0 Å². The van der Waals surface area contributed by atoms with Crippen LogP contribution in [-0.4, -0.2) is 30.4 Å². The van der Waals surface area contributed by atoms with Crippen LogP contribution in [0.4, 0.5) is 0 Å². The second kappa shape index (κ2) is 6.54. The first-order chi connectivity index (χ1) is 10.1. The average Bonchev–Trinajstić information content (AvgIpc) is 2.54. The first-order valence-electron chi connectivity index (χ1n) is 6.32. The number of halogens is 1. The third-order valence-electron chi connectivity index (χ3n) is 3.38. The van der Waals surface area contributed by atoms with Crippen molar-refractivity contribution in [1.29, 1.82) is 0 Å². The lowest BCUT2D eigenvalue weighted by Gasteiger charge is -2.29. The molecular formula is C15H17ClN2O2S. The lowest BCUT2D eigenvalue weighted by molar-refractivity contribution is 0.378. The molecule has 0 fully saturated rings. The van der Waals surface area contributed by atoms with Gasteiger partial charge in [0.05, 0.1) is 30.2 Å². The number of hydrogen-bond acceptors (Lipinski definition) is 5. The number of nitrogens with zero attached hydrogens (tertiary/aromatic N) is 2. The molecule has 1 atom stereocenters. The summed E-state index contributed by atoms with van der Waals surface area (Å²) in [5, 5.41) is 0.355. The van der Waals surface area contributed by atoms with E-state index in [1.54, 1.807) is 38.2 Å². The largest absolute Gasteiger partial charge is 0.496 e. The summed E-state index contributed by atoms with van der Waals surface area (Å²) in [6, 6.07) is 7.54. The van der Waals surface area contributed by atoms with E-state index >= 15 is 0 Å². The molecule has 6 heteroatoms. The molecule has 4 nitrogen and oxygen atoms in total. The molecule has 21 heavy (non-hydrogen) atoms. The minimum absolute atomic E-state index is 0.355. The number of hydrogen-bond donors (Lipinski definition) is 0. The quantitative estimate of drug-likeness (QED) is 0.783. The highest BCUT2D eigenvalue weighted by Crippen LogP contribution is 2.47. The summed E-state index contributed by atoms with van der Waals surface area (Å²) in [5.41, 5.74) is 1.68. The second-order valence-electron chi connectivity index (χ2n) is 4.49. The summed E-state index contributed by atoms with van der Waals surface area (Å²) < 4.78 is 10.2. The highest BCUT2D eigenvalue weighted by molar-refractivity contribution is 7.99. The minimum Gasteiger partial charge on any atom is -0.496 e. The van der Waals surface area contributed by atoms with E-state index in [-0.39, 0.29) is 0 Å². The maximum atomic E-state index is 6.39. The van der Waals surface area contributed by atoms with Gasteiger partial charge in [0.2, 0.25) is 5.88 Å². The Kier molecular flexibility index (Phi) is 4.96. The number of ether oxygens (including phenoxy) is 2. The van der Waals surface area contributed by atoms with Crippen LogP contribution in [0.2, 0.25) is 5.15 Å². The molecule has 2 aromatic heterocycles. The third kappa shape index (κ3) is 2.94. The molecule has 0 saturated heterocycles. The standard InChI is InChI=1S/C15H17ClN2O2S/c1-15(21-4,11-7-5-6-8-17-11)13-10(19-2)9-12(20-3)18-14(13)16/h5-9H,1-4H3. The first-order valence-corrected chi connectivity index (χ1v) is 7.92. The van der Waals surface area contributed by atoms with Gasteiger partial charge in [-0.1, -0.05) is 17.7 Å². The fourth-order valence-electron chi connectivity index (χ4n) is 2.15. The van der Waals surface area contributed by atoms with E-state index in [0.717, 1.165) is 11.3 Å². The molecule has 2 rings (SSSR count). The van der Waals surface area contributed by atoms with Gasteiger partial charge in [-0.25, -0.2) is 4.98 Å². The summed E-state index contributed by atoms with van der Waals surface area (Å²) in [7, 11) is 3.15. The van der Waals surface area contributed by atoms with Crippen molar-refractivity contribution in [2.45, 2.75) is 11.7 Å². The molecule has 112 valence electrons. The summed E-state index contributed by atoms with van der Waals surface area (Å²) in [6.07, 6.45) is 3.77. The Bertz CT molecular complexity index is 625. The molecule has 0 radical (unpaired) electrons. The van der Waals surface area contributed by atoms with Gasteiger partial charge in [0.1, 0.15) is 10.9 Å². The molecule has 0 aliphatic rings. The van der Waals surface area contributed by atoms with Gasteiger partial charge < -0.3 is 9.47 Å². The van der Waals surface area contributed by atoms with E-state index in [9.17, 15) is 0 Å². The topological polar surface area (TPSA) is 44.2 Å². The first kappa shape index (κ1) is 15.9. The minimum atomic E-state index is -0.469. The molecule has 0 spiro atoms. The van der Waals surface area contributed by atoms with E-state index in [1.165, 1.54) is 0 Å². The van der Waals surface area contributed by atoms with Crippen molar-refractivity contribution in [1.82, 2.24) is 9.97 Å². The van der Waals surface area contributed by atoms with Crippen molar-refractivity contribution in [2.24, 2.45) is 0 Å². The molecule has 0 aliphatic carbocycles. The normalized spacial score (nSPS) is 13.6. The van der Waals surface area contributed by atoms with Gasteiger partial charge in [-0.05, 0) is 25.3 Å². The SMILES string of the molecule is COc1cc(OC)c(C(C)(SC)c2ccccn2)c(Cl)n1. The van der Waals surface area contributed by atoms with Crippen molar-refractivity contribution in [3.8, 4) is 11.6 Å². The molecule has 2 heterocycles. The number of thioether (sulfide) groups is 1. The van der Waals surface area contributed by atoms with Gasteiger partial charge in [0.25, 0.3) is 0 Å². The Hall–Kier alpha value is -1.46. The van der Waals surface area contributed by atoms with Crippen LogP contribution in [0.15, 0.2) is 30.5 Å². The van der Waals surface area contributed by atoms with Crippen LogP contribution in [-0.2, 0) is 4.75 Å². The lowest BCUT2D eigenvalue weighted by atomic mass is 9.96. The number of pyridine rings is 2. The van der Waals surface area contributed by atoms with Crippen LogP contribution in [0.3, 0.4) is 0 Å². The smallest absolute Gasteiger partial charge is 0.218 e. The van der Waals surface area contributed by atoms with Crippen molar-refractivity contribution in [2.75, 3.05) is 20.5 Å². The van der Waals surface area contributed by atoms with Gasteiger partial charge in [-0.2, -0.15) is 0 Å². The zero-order chi connectivity index (χ0) is 15.5. The fraction of sp³-hybridized carbons (Fsp3) is 0.333. The third-order valence-corrected chi connectivity index (χ3v) is 4.89. The molecule has 0 bridgehead atoms. The predicted molar refractivity (Wildman–Crippen MR) is 86.6 cm³/mol. The van der Waals surface area contributed by atoms with Crippen LogP contribution in [0, 0.1) is 0 Å². The van der Waals surface area contributed by atoms with Crippen molar-refractivity contribution < 1.29 is 9.47 Å². The average molecular weight is 325 g/mol. The molecule has 0 aromatic carbocycles. The summed E-state index contributed by atoms with van der Waals surface area (Å²) in [4.78, 5) is 8.72. The van der Waals surface area contributed by atoms with E-state index in [0.29, 0.717) is 16.8 Å². The van der Waals surface area contributed by atoms with Crippen LogP contribution in [0.25, 0.3) is 0 Å². The lowest BCUT2D eigenvalue weighted by Crippen LogP contribution is -2.22. The molecule has 0 amide bonds. The van der Waals surface area contributed by atoms with Crippen LogP contribution >= 0.6 is 23.4 Å². The Labute approximate surface area is 133 Å². The van der Waals surface area contributed by atoms with Gasteiger partial charge in [0, 0.05) is 12.3 Å². The van der Waals surface area contributed by atoms with Crippen molar-refractivity contribution in [3.05, 3.63) is 46.9 Å². The maximum Gasteiger partial charge on any atom is 0.218 e.